The lowest BCUT2D eigenvalue weighted by Crippen LogP contribution is -2.36. The highest BCUT2D eigenvalue weighted by molar-refractivity contribution is 5.85. The van der Waals surface area contributed by atoms with Crippen molar-refractivity contribution in [2.75, 3.05) is 28.2 Å². The molecule has 64 valence electrons. The second-order valence-electron chi connectivity index (χ2n) is 2.15. The second kappa shape index (κ2) is 6.64. The van der Waals surface area contributed by atoms with Crippen LogP contribution in [0, 0.1) is 0 Å². The average molecular weight is 170 g/mol. The molecule has 0 atom stereocenters. The summed E-state index contributed by atoms with van der Waals surface area (Å²) in [4.78, 5) is 1.86. The molecular weight excluding hydrogens is 152 g/mol. The van der Waals surface area contributed by atoms with E-state index < -0.39 is 0 Å². The molecule has 0 fully saturated rings. The molecule has 0 amide bonds. The molecule has 0 heterocycles. The Morgan fingerprint density at radius 3 is 1.60 bits per heavy atom. The van der Waals surface area contributed by atoms with Crippen LogP contribution >= 0.6 is 12.4 Å². The van der Waals surface area contributed by atoms with Crippen molar-refractivity contribution >= 4 is 18.4 Å². The van der Waals surface area contributed by atoms with Crippen molar-refractivity contribution in [3.8, 4) is 0 Å². The number of hydrogen-bond donors (Lipinski definition) is 2. The molecule has 0 radical (unpaired) electrons. The maximum atomic E-state index is 5.53. The molecule has 10 heavy (non-hydrogen) atoms. The predicted octanol–water partition coefficient (Wildman–Crippen LogP) is -0.281. The van der Waals surface area contributed by atoms with E-state index in [1.54, 1.807) is 0 Å². The van der Waals surface area contributed by atoms with Crippen LogP contribution in [0.2, 0.25) is 0 Å². The Hall–Kier alpha value is -0.480. The average Bonchev–Trinajstić information content (AvgIpc) is 1.64. The van der Waals surface area contributed by atoms with Crippen molar-refractivity contribution in [2.24, 2.45) is 5.73 Å². The quantitative estimate of drug-likeness (QED) is 0.298. The Kier molecular flexibility index (Phi) is 10.8. The number of rotatable bonds is 0. The van der Waals surface area contributed by atoms with Crippen molar-refractivity contribution in [3.63, 3.8) is 0 Å². The van der Waals surface area contributed by atoms with E-state index in [4.69, 9.17) is 5.73 Å². The molecule has 0 aliphatic heterocycles. The molecule has 0 saturated carbocycles. The smallest absolute Gasteiger partial charge is 0.344 e. The molecule has 0 unspecified atom stereocenters. The highest BCUT2D eigenvalue weighted by Gasteiger charge is 2.00. The minimum atomic E-state index is 0. The van der Waals surface area contributed by atoms with Crippen LogP contribution < -0.4 is 11.9 Å². The summed E-state index contributed by atoms with van der Waals surface area (Å²) in [6.45, 7) is 0. The van der Waals surface area contributed by atoms with Crippen LogP contribution in [0.1, 0.15) is 0 Å². The van der Waals surface area contributed by atoms with Gasteiger partial charge in [-0.15, -0.1) is 12.4 Å². The van der Waals surface area contributed by atoms with E-state index in [1.807, 2.05) is 37.7 Å². The second-order valence-corrected chi connectivity index (χ2v) is 2.15. The number of hydrogen-bond acceptors (Lipinski definition) is 1. The first-order chi connectivity index (χ1) is 3.55. The van der Waals surface area contributed by atoms with Crippen molar-refractivity contribution in [1.29, 1.82) is 0 Å². The lowest BCUT2D eigenvalue weighted by molar-refractivity contribution is -0.470. The zero-order chi connectivity index (χ0) is 6.73. The minimum Gasteiger partial charge on any atom is -0.344 e. The summed E-state index contributed by atoms with van der Waals surface area (Å²) in [7, 11) is 7.65. The molecule has 5 N–H and O–H groups in total. The highest BCUT2D eigenvalue weighted by Crippen LogP contribution is 1.68. The van der Waals surface area contributed by atoms with Gasteiger partial charge in [0.05, 0.1) is 28.2 Å². The molecule has 0 rings (SSSR count). The highest BCUT2D eigenvalue weighted by atomic mass is 35.5. The Morgan fingerprint density at radius 1 is 1.30 bits per heavy atom. The zero-order valence-electron chi connectivity index (χ0n) is 7.09. The van der Waals surface area contributed by atoms with Gasteiger partial charge < -0.3 is 6.15 Å². The molecule has 0 aromatic rings. The van der Waals surface area contributed by atoms with E-state index >= 15 is 0 Å². The molecule has 0 bridgehead atoms. The van der Waals surface area contributed by atoms with Gasteiger partial charge in [0.25, 0.3) is 0 Å². The summed E-state index contributed by atoms with van der Waals surface area (Å²) in [6.07, 6.45) is 0. The van der Waals surface area contributed by atoms with Crippen LogP contribution in [-0.2, 0) is 0 Å². The fourth-order valence-electron chi connectivity index (χ4n) is 0.400. The summed E-state index contributed by atoms with van der Waals surface area (Å²) >= 11 is 0. The van der Waals surface area contributed by atoms with E-state index in [0.29, 0.717) is 0 Å². The molecule has 0 aromatic heterocycles. The summed E-state index contributed by atoms with van der Waals surface area (Å²) in [5, 5.41) is 0. The fourth-order valence-corrected chi connectivity index (χ4v) is 0.400. The molecular formula is C5H18ClN4+. The van der Waals surface area contributed by atoms with Crippen molar-refractivity contribution in [3.05, 3.63) is 0 Å². The van der Waals surface area contributed by atoms with Crippen LogP contribution in [-0.4, -0.2) is 43.6 Å². The minimum absolute atomic E-state index is 0. The van der Waals surface area contributed by atoms with Crippen LogP contribution in [0.3, 0.4) is 0 Å². The maximum Gasteiger partial charge on any atom is 0.344 e. The predicted molar refractivity (Wildman–Crippen MR) is 47.3 cm³/mol. The summed E-state index contributed by atoms with van der Waals surface area (Å²) in [5.41, 5.74) is 5.53. The number of nitrogens with zero attached hydrogens (tertiary/aromatic N) is 2. The fraction of sp³-hybridized carbons (Fsp3) is 0.800. The molecule has 4 nitrogen and oxygen atoms in total. The van der Waals surface area contributed by atoms with Gasteiger partial charge in [0.2, 0.25) is 0 Å². The van der Waals surface area contributed by atoms with Crippen LogP contribution in [0.5, 0.6) is 0 Å². The first-order valence-electron chi connectivity index (χ1n) is 2.52. The Morgan fingerprint density at radius 2 is 1.60 bits per heavy atom. The summed E-state index contributed by atoms with van der Waals surface area (Å²) in [5.74, 6) is 0.769. The van der Waals surface area contributed by atoms with Crippen LogP contribution in [0.4, 0.5) is 0 Å². The number of guanidine groups is 1. The van der Waals surface area contributed by atoms with Gasteiger partial charge in [-0.3, -0.25) is 15.2 Å². The monoisotopic (exact) mass is 169 g/mol. The summed E-state index contributed by atoms with van der Waals surface area (Å²) < 4.78 is 1.86. The molecule has 0 saturated heterocycles. The maximum absolute atomic E-state index is 5.53. The van der Waals surface area contributed by atoms with Crippen molar-refractivity contribution in [2.45, 2.75) is 0 Å². The first-order valence-corrected chi connectivity index (χ1v) is 2.52. The van der Waals surface area contributed by atoms with Crippen molar-refractivity contribution < 1.29 is 4.58 Å². The first kappa shape index (κ1) is 16.3. The Labute approximate surface area is 68.7 Å². The molecule has 0 aromatic carbocycles. The lowest BCUT2D eigenvalue weighted by Gasteiger charge is -2.04. The molecule has 5 heteroatoms. The topological polar surface area (TPSA) is 67.3 Å². The van der Waals surface area contributed by atoms with Crippen molar-refractivity contribution in [1.82, 2.24) is 11.1 Å². The molecule has 0 aliphatic carbocycles. The van der Waals surface area contributed by atoms with E-state index in [-0.39, 0.29) is 18.6 Å². The third-order valence-electron chi connectivity index (χ3n) is 0.916. The van der Waals surface area contributed by atoms with Gasteiger partial charge in [0.15, 0.2) is 0 Å². The lowest BCUT2D eigenvalue weighted by atomic mass is 10.8. The van der Waals surface area contributed by atoms with Gasteiger partial charge in [-0.05, 0) is 0 Å². The standard InChI is InChI=1S/C5H13N3.ClH.H3N/c1-7(2)5(6)8(3)4;;/h6H,1-4H3;1H;1H3/p+1. The van der Waals surface area contributed by atoms with Gasteiger partial charge in [0, 0.05) is 0 Å². The Bertz CT molecular complexity index is 106. The van der Waals surface area contributed by atoms with Gasteiger partial charge in [-0.25, -0.2) is 0 Å². The normalized spacial score (nSPS) is 6.80. The summed E-state index contributed by atoms with van der Waals surface area (Å²) in [6, 6.07) is 0. The van der Waals surface area contributed by atoms with Gasteiger partial charge in [0.1, 0.15) is 0 Å². The number of halogens is 1. The van der Waals surface area contributed by atoms with Gasteiger partial charge >= 0.3 is 5.96 Å². The third-order valence-corrected chi connectivity index (χ3v) is 0.916. The van der Waals surface area contributed by atoms with Gasteiger partial charge in [-0.2, -0.15) is 0 Å². The SMILES string of the molecule is CN(C)C(N)=[N+](C)C.Cl.N. The molecule has 0 aliphatic rings. The van der Waals surface area contributed by atoms with Crippen LogP contribution in [0.25, 0.3) is 0 Å². The van der Waals surface area contributed by atoms with Crippen LogP contribution in [0.15, 0.2) is 0 Å². The third kappa shape index (κ3) is 5.65. The largest absolute Gasteiger partial charge is 0.344 e. The van der Waals surface area contributed by atoms with E-state index in [9.17, 15) is 0 Å². The Balaban J connectivity index is -0.000000245. The zero-order valence-corrected chi connectivity index (χ0v) is 7.90. The van der Waals surface area contributed by atoms with E-state index in [0.717, 1.165) is 5.96 Å². The van der Waals surface area contributed by atoms with Gasteiger partial charge in [-0.1, -0.05) is 0 Å². The van der Waals surface area contributed by atoms with E-state index in [2.05, 4.69) is 0 Å². The molecule has 0 spiro atoms. The van der Waals surface area contributed by atoms with E-state index in [1.165, 1.54) is 0 Å². The number of nitrogens with two attached hydrogens (primary N) is 1.